The summed E-state index contributed by atoms with van der Waals surface area (Å²) in [5.41, 5.74) is 0. The molecular weight excluding hydrogens is 337 g/mol. The van der Waals surface area contributed by atoms with Crippen LogP contribution in [0.4, 0.5) is 22.0 Å². The lowest BCUT2D eigenvalue weighted by Crippen LogP contribution is -2.03. The minimum Gasteiger partial charge on any atom is -0.448 e. The van der Waals surface area contributed by atoms with Gasteiger partial charge in [-0.1, -0.05) is 15.9 Å². The molecule has 2 rings (SSSR count). The highest BCUT2D eigenvalue weighted by atomic mass is 79.9. The van der Waals surface area contributed by atoms with Crippen LogP contribution in [0.2, 0.25) is 0 Å². The van der Waals surface area contributed by atoms with E-state index in [0.717, 1.165) is 12.1 Å². The van der Waals surface area contributed by atoms with Gasteiger partial charge in [-0.2, -0.15) is 22.5 Å². The Balaban J connectivity index is 2.52. The number of ether oxygens (including phenoxy) is 1. The molecule has 0 amide bonds. The largest absolute Gasteiger partial charge is 0.448 e. The Morgan fingerprint density at radius 2 is 1.53 bits per heavy atom. The number of hydrogen-bond donors (Lipinski definition) is 0. The van der Waals surface area contributed by atoms with E-state index in [4.69, 9.17) is 0 Å². The van der Waals surface area contributed by atoms with Crippen LogP contribution in [0.3, 0.4) is 0 Å². The maximum absolute atomic E-state index is 13.3. The van der Waals surface area contributed by atoms with Crippen molar-refractivity contribution in [1.29, 1.82) is 0 Å². The van der Waals surface area contributed by atoms with Crippen molar-refractivity contribution in [3.05, 3.63) is 52.0 Å². The van der Waals surface area contributed by atoms with Crippen molar-refractivity contribution in [2.75, 3.05) is 0 Å². The SMILES string of the molecule is Fc1ccc(Br)cc1Oc1c(F)c(F)nc(F)c1F. The van der Waals surface area contributed by atoms with Crippen LogP contribution in [-0.2, 0) is 0 Å². The molecule has 0 aliphatic heterocycles. The van der Waals surface area contributed by atoms with Crippen molar-refractivity contribution in [3.63, 3.8) is 0 Å². The van der Waals surface area contributed by atoms with E-state index in [2.05, 4.69) is 25.7 Å². The van der Waals surface area contributed by atoms with Crippen LogP contribution in [0.15, 0.2) is 22.7 Å². The number of pyridine rings is 1. The summed E-state index contributed by atoms with van der Waals surface area (Å²) >= 11 is 2.98. The molecule has 0 spiro atoms. The fourth-order valence-electron chi connectivity index (χ4n) is 1.22. The van der Waals surface area contributed by atoms with E-state index in [1.54, 1.807) is 0 Å². The zero-order valence-electron chi connectivity index (χ0n) is 8.86. The Labute approximate surface area is 112 Å². The van der Waals surface area contributed by atoms with Crippen molar-refractivity contribution in [3.8, 4) is 11.5 Å². The number of aromatic nitrogens is 1. The molecule has 2 aromatic rings. The van der Waals surface area contributed by atoms with Crippen molar-refractivity contribution < 1.29 is 26.7 Å². The third-order valence-corrected chi connectivity index (χ3v) is 2.56. The Hall–Kier alpha value is -1.70. The van der Waals surface area contributed by atoms with E-state index >= 15 is 0 Å². The van der Waals surface area contributed by atoms with Crippen LogP contribution in [0, 0.1) is 29.3 Å². The molecule has 2 nitrogen and oxygen atoms in total. The quantitative estimate of drug-likeness (QED) is 0.600. The van der Waals surface area contributed by atoms with Gasteiger partial charge in [-0.05, 0) is 18.2 Å². The van der Waals surface area contributed by atoms with Gasteiger partial charge in [0.2, 0.25) is 17.4 Å². The fraction of sp³-hybridized carbons (Fsp3) is 0. The second-order valence-corrected chi connectivity index (χ2v) is 4.24. The minimum absolute atomic E-state index is 0.347. The zero-order chi connectivity index (χ0) is 14.2. The molecular formula is C11H3BrF5NO. The van der Waals surface area contributed by atoms with E-state index in [-0.39, 0.29) is 0 Å². The van der Waals surface area contributed by atoms with Crippen LogP contribution < -0.4 is 4.74 Å². The standard InChI is InChI=1S/C11H3BrF5NO/c12-4-1-2-5(13)6(3-4)19-9-7(14)10(16)18-11(17)8(9)15/h1-3H. The average Bonchev–Trinajstić information content (AvgIpc) is 2.36. The lowest BCUT2D eigenvalue weighted by atomic mass is 10.3. The van der Waals surface area contributed by atoms with Crippen LogP contribution in [-0.4, -0.2) is 4.98 Å². The zero-order valence-corrected chi connectivity index (χ0v) is 10.4. The Morgan fingerprint density at radius 3 is 2.11 bits per heavy atom. The smallest absolute Gasteiger partial charge is 0.255 e. The average molecular weight is 340 g/mol. The highest BCUT2D eigenvalue weighted by Gasteiger charge is 2.23. The summed E-state index contributed by atoms with van der Waals surface area (Å²) in [4.78, 5) is 2.35. The second kappa shape index (κ2) is 5.12. The highest BCUT2D eigenvalue weighted by Crippen LogP contribution is 2.32. The first-order valence-corrected chi connectivity index (χ1v) is 5.52. The van der Waals surface area contributed by atoms with Crippen molar-refractivity contribution >= 4 is 15.9 Å². The van der Waals surface area contributed by atoms with Gasteiger partial charge in [0.05, 0.1) is 0 Å². The summed E-state index contributed by atoms with van der Waals surface area (Å²) < 4.78 is 70.4. The molecule has 0 aliphatic rings. The molecule has 1 aromatic carbocycles. The number of hydrogen-bond acceptors (Lipinski definition) is 2. The van der Waals surface area contributed by atoms with Gasteiger partial charge in [0.1, 0.15) is 0 Å². The number of nitrogens with zero attached hydrogens (tertiary/aromatic N) is 1. The first kappa shape index (κ1) is 13.7. The Morgan fingerprint density at radius 1 is 0.947 bits per heavy atom. The van der Waals surface area contributed by atoms with Gasteiger partial charge in [0, 0.05) is 4.47 Å². The van der Waals surface area contributed by atoms with Crippen molar-refractivity contribution in [2.45, 2.75) is 0 Å². The van der Waals surface area contributed by atoms with E-state index in [1.165, 1.54) is 6.07 Å². The molecule has 0 saturated carbocycles. The van der Waals surface area contributed by atoms with Gasteiger partial charge in [0.15, 0.2) is 11.6 Å². The summed E-state index contributed by atoms with van der Waals surface area (Å²) in [7, 11) is 0. The molecule has 0 atom stereocenters. The van der Waals surface area contributed by atoms with E-state index in [9.17, 15) is 22.0 Å². The molecule has 19 heavy (non-hydrogen) atoms. The summed E-state index contributed by atoms with van der Waals surface area (Å²) in [6.07, 6.45) is 0. The van der Waals surface area contributed by atoms with Gasteiger partial charge in [-0.15, -0.1) is 0 Å². The summed E-state index contributed by atoms with van der Waals surface area (Å²) in [5, 5.41) is 0. The number of rotatable bonds is 2. The van der Waals surface area contributed by atoms with Crippen molar-refractivity contribution in [1.82, 2.24) is 4.98 Å². The van der Waals surface area contributed by atoms with Crippen LogP contribution in [0.1, 0.15) is 0 Å². The highest BCUT2D eigenvalue weighted by molar-refractivity contribution is 9.10. The van der Waals surface area contributed by atoms with Crippen LogP contribution in [0.5, 0.6) is 11.5 Å². The topological polar surface area (TPSA) is 22.1 Å². The predicted octanol–water partition coefficient (Wildman–Crippen LogP) is 4.33. The molecule has 0 fully saturated rings. The van der Waals surface area contributed by atoms with Gasteiger partial charge in [-0.25, -0.2) is 4.39 Å². The van der Waals surface area contributed by atoms with Crippen LogP contribution in [0.25, 0.3) is 0 Å². The molecule has 0 unspecified atom stereocenters. The molecule has 0 aliphatic carbocycles. The third kappa shape index (κ3) is 2.67. The molecule has 0 saturated heterocycles. The number of halogens is 6. The fourth-order valence-corrected chi connectivity index (χ4v) is 1.56. The lowest BCUT2D eigenvalue weighted by Gasteiger charge is -2.09. The van der Waals surface area contributed by atoms with Gasteiger partial charge < -0.3 is 4.74 Å². The second-order valence-electron chi connectivity index (χ2n) is 3.33. The summed E-state index contributed by atoms with van der Waals surface area (Å²) in [6.45, 7) is 0. The van der Waals surface area contributed by atoms with Crippen molar-refractivity contribution in [2.24, 2.45) is 0 Å². The van der Waals surface area contributed by atoms with Gasteiger partial charge >= 0.3 is 0 Å². The molecule has 100 valence electrons. The monoisotopic (exact) mass is 339 g/mol. The van der Waals surface area contributed by atoms with Gasteiger partial charge in [-0.3, -0.25) is 0 Å². The minimum atomic E-state index is -1.88. The third-order valence-electron chi connectivity index (χ3n) is 2.06. The first-order chi connectivity index (χ1) is 8.90. The molecule has 0 radical (unpaired) electrons. The molecule has 0 bridgehead atoms. The number of benzene rings is 1. The Kier molecular flexibility index (Phi) is 3.70. The van der Waals surface area contributed by atoms with E-state index in [1.807, 2.05) is 0 Å². The van der Waals surface area contributed by atoms with Gasteiger partial charge in [0.25, 0.3) is 11.9 Å². The maximum atomic E-state index is 13.3. The molecule has 1 aromatic heterocycles. The first-order valence-electron chi connectivity index (χ1n) is 4.73. The molecule has 1 heterocycles. The normalized spacial score (nSPS) is 10.6. The lowest BCUT2D eigenvalue weighted by molar-refractivity contribution is 0.335. The Bertz CT molecular complexity index is 623. The predicted molar refractivity (Wildman–Crippen MR) is 58.2 cm³/mol. The molecule has 8 heteroatoms. The van der Waals surface area contributed by atoms with E-state index in [0.29, 0.717) is 4.47 Å². The molecule has 0 N–H and O–H groups in total. The van der Waals surface area contributed by atoms with Crippen LogP contribution >= 0.6 is 15.9 Å². The maximum Gasteiger partial charge on any atom is 0.255 e. The summed E-state index contributed by atoms with van der Waals surface area (Å²) in [6, 6.07) is 3.30. The summed E-state index contributed by atoms with van der Waals surface area (Å²) in [5.74, 6) is -10.4. The van der Waals surface area contributed by atoms with E-state index < -0.39 is 40.8 Å².